The maximum atomic E-state index is 11.0. The Morgan fingerprint density at radius 3 is 2.24 bits per heavy atom. The van der Waals surface area contributed by atoms with Crippen LogP contribution in [0.15, 0.2) is 53.7 Å². The zero-order chi connectivity index (χ0) is 15.2. The molecule has 0 bridgehead atoms. The number of hydrogen-bond donors (Lipinski definition) is 2. The van der Waals surface area contributed by atoms with Crippen LogP contribution in [-0.2, 0) is 0 Å². The average Bonchev–Trinajstić information content (AvgIpc) is 2.48. The van der Waals surface area contributed by atoms with Crippen molar-refractivity contribution < 1.29 is 24.6 Å². The van der Waals surface area contributed by atoms with Crippen LogP contribution in [-0.4, -0.2) is 28.4 Å². The zero-order valence-corrected chi connectivity index (χ0v) is 10.8. The molecule has 0 aliphatic carbocycles. The van der Waals surface area contributed by atoms with Gasteiger partial charge < -0.3 is 15.1 Å². The summed E-state index contributed by atoms with van der Waals surface area (Å²) in [5.74, 6) is -1.99. The molecule has 2 aromatic rings. The number of carboxylic acids is 2. The van der Waals surface area contributed by atoms with Gasteiger partial charge in [0.05, 0.1) is 11.8 Å². The second kappa shape index (κ2) is 6.33. The normalized spacial score (nSPS) is 10.5. The predicted octanol–water partition coefficient (Wildman–Crippen LogP) is 2.50. The van der Waals surface area contributed by atoms with Gasteiger partial charge >= 0.3 is 11.9 Å². The van der Waals surface area contributed by atoms with E-state index in [4.69, 9.17) is 15.1 Å². The molecule has 6 heteroatoms. The number of para-hydroxylation sites is 1. The number of nitrogens with zero attached hydrogens (tertiary/aromatic N) is 1. The lowest BCUT2D eigenvalue weighted by Crippen LogP contribution is -2.00. The minimum atomic E-state index is -1.10. The van der Waals surface area contributed by atoms with Gasteiger partial charge in [-0.15, -0.1) is 0 Å². The van der Waals surface area contributed by atoms with Crippen LogP contribution < -0.4 is 4.84 Å². The molecule has 2 N–H and O–H groups in total. The number of aromatic carboxylic acids is 2. The van der Waals surface area contributed by atoms with Gasteiger partial charge in [0.25, 0.3) is 0 Å². The van der Waals surface area contributed by atoms with Crippen molar-refractivity contribution in [3.8, 4) is 5.75 Å². The number of carbonyl (C=O) groups is 2. The second-order valence-electron chi connectivity index (χ2n) is 4.05. The third kappa shape index (κ3) is 3.66. The molecule has 0 fully saturated rings. The summed E-state index contributed by atoms with van der Waals surface area (Å²) in [4.78, 5) is 26.7. The van der Waals surface area contributed by atoms with Crippen molar-refractivity contribution in [3.63, 3.8) is 0 Å². The number of oxime groups is 1. The molecule has 0 unspecified atom stereocenters. The molecule has 0 saturated heterocycles. The molecule has 6 nitrogen and oxygen atoms in total. The van der Waals surface area contributed by atoms with Gasteiger partial charge in [-0.2, -0.15) is 0 Å². The van der Waals surface area contributed by atoms with Crippen LogP contribution in [0.5, 0.6) is 5.75 Å². The lowest BCUT2D eigenvalue weighted by atomic mass is 10.1. The van der Waals surface area contributed by atoms with Gasteiger partial charge in [0.15, 0.2) is 5.75 Å². The Bertz CT molecular complexity index is 691. The summed E-state index contributed by atoms with van der Waals surface area (Å²) in [6.45, 7) is 0. The van der Waals surface area contributed by atoms with E-state index in [9.17, 15) is 9.59 Å². The molecular weight excluding hydrogens is 274 g/mol. The molecule has 0 aliphatic heterocycles. The monoisotopic (exact) mass is 285 g/mol. The quantitative estimate of drug-likeness (QED) is 0.650. The Hall–Kier alpha value is -3.15. The average molecular weight is 285 g/mol. The second-order valence-corrected chi connectivity index (χ2v) is 4.05. The van der Waals surface area contributed by atoms with Crippen molar-refractivity contribution in [2.45, 2.75) is 0 Å². The highest BCUT2D eigenvalue weighted by molar-refractivity contribution is 5.91. The molecule has 106 valence electrons. The molecule has 21 heavy (non-hydrogen) atoms. The van der Waals surface area contributed by atoms with Gasteiger partial charge in [-0.1, -0.05) is 29.4 Å². The molecule has 0 amide bonds. The minimum Gasteiger partial charge on any atom is -0.478 e. The summed E-state index contributed by atoms with van der Waals surface area (Å²) in [7, 11) is 0. The highest BCUT2D eigenvalue weighted by Crippen LogP contribution is 2.17. The fraction of sp³-hybridized carbons (Fsp3) is 0. The summed E-state index contributed by atoms with van der Waals surface area (Å²) in [5, 5.41) is 21.4. The van der Waals surface area contributed by atoms with Crippen LogP contribution in [0.4, 0.5) is 0 Å². The molecule has 0 atom stereocenters. The van der Waals surface area contributed by atoms with Gasteiger partial charge in [0, 0.05) is 0 Å². The molecule has 0 radical (unpaired) electrons. The highest BCUT2D eigenvalue weighted by atomic mass is 16.6. The molecular formula is C15H11NO5. The third-order valence-corrected chi connectivity index (χ3v) is 2.63. The van der Waals surface area contributed by atoms with E-state index in [1.807, 2.05) is 0 Å². The summed E-state index contributed by atoms with van der Waals surface area (Å²) < 4.78 is 0. The van der Waals surface area contributed by atoms with Gasteiger partial charge in [-0.25, -0.2) is 9.59 Å². The maximum Gasteiger partial charge on any atom is 0.339 e. The van der Waals surface area contributed by atoms with E-state index >= 15 is 0 Å². The minimum absolute atomic E-state index is 0.0101. The number of carboxylic acid groups (broad SMARTS) is 2. The summed E-state index contributed by atoms with van der Waals surface area (Å²) in [5.41, 5.74) is 0.813. The van der Waals surface area contributed by atoms with Crippen molar-refractivity contribution >= 4 is 18.2 Å². The lowest BCUT2D eigenvalue weighted by molar-refractivity contribution is 0.0683. The largest absolute Gasteiger partial charge is 0.478 e. The first-order chi connectivity index (χ1) is 10.1. The lowest BCUT2D eigenvalue weighted by Gasteiger charge is -2.02. The first-order valence-corrected chi connectivity index (χ1v) is 5.94. The Balaban J connectivity index is 2.09. The fourth-order valence-electron chi connectivity index (χ4n) is 1.58. The van der Waals surface area contributed by atoms with Crippen LogP contribution in [0.25, 0.3) is 0 Å². The van der Waals surface area contributed by atoms with Crippen LogP contribution in [0.2, 0.25) is 0 Å². The predicted molar refractivity (Wildman–Crippen MR) is 75.0 cm³/mol. The number of rotatable bonds is 5. The molecule has 0 heterocycles. The van der Waals surface area contributed by atoms with E-state index in [-0.39, 0.29) is 16.9 Å². The fourth-order valence-corrected chi connectivity index (χ4v) is 1.58. The van der Waals surface area contributed by atoms with Gasteiger partial charge in [0.2, 0.25) is 0 Å². The van der Waals surface area contributed by atoms with Crippen molar-refractivity contribution in [1.29, 1.82) is 0 Å². The van der Waals surface area contributed by atoms with Crippen molar-refractivity contribution in [3.05, 3.63) is 65.2 Å². The summed E-state index contributed by atoms with van der Waals surface area (Å²) in [6, 6.07) is 12.1. The summed E-state index contributed by atoms with van der Waals surface area (Å²) >= 11 is 0. The van der Waals surface area contributed by atoms with Gasteiger partial charge in [0.1, 0.15) is 5.56 Å². The van der Waals surface area contributed by atoms with Crippen LogP contribution in [0, 0.1) is 0 Å². The van der Waals surface area contributed by atoms with E-state index in [0.29, 0.717) is 5.56 Å². The van der Waals surface area contributed by atoms with E-state index < -0.39 is 11.9 Å². The highest BCUT2D eigenvalue weighted by Gasteiger charge is 2.09. The van der Waals surface area contributed by atoms with Gasteiger partial charge in [-0.3, -0.25) is 0 Å². The number of hydrogen-bond acceptors (Lipinski definition) is 4. The molecule has 0 spiro atoms. The van der Waals surface area contributed by atoms with Crippen LogP contribution >= 0.6 is 0 Å². The zero-order valence-electron chi connectivity index (χ0n) is 10.8. The Morgan fingerprint density at radius 2 is 1.62 bits per heavy atom. The molecule has 2 rings (SSSR count). The van der Waals surface area contributed by atoms with Crippen LogP contribution in [0.3, 0.4) is 0 Å². The van der Waals surface area contributed by atoms with E-state index in [1.165, 1.54) is 30.5 Å². The molecule has 0 aliphatic rings. The first-order valence-electron chi connectivity index (χ1n) is 5.94. The van der Waals surface area contributed by atoms with E-state index in [2.05, 4.69) is 5.16 Å². The van der Waals surface area contributed by atoms with Crippen molar-refractivity contribution in [1.82, 2.24) is 0 Å². The van der Waals surface area contributed by atoms with E-state index in [0.717, 1.165) is 0 Å². The maximum absolute atomic E-state index is 11.0. The smallest absolute Gasteiger partial charge is 0.339 e. The third-order valence-electron chi connectivity index (χ3n) is 2.63. The molecule has 0 aromatic heterocycles. The standard InChI is InChI=1S/C15H11NO5/c17-14(18)11-7-5-10(6-8-11)9-16-21-13-4-2-1-3-12(13)15(19)20/h1-9H,(H,17,18)(H,19,20)/b16-9+. The summed E-state index contributed by atoms with van der Waals surface area (Å²) in [6.07, 6.45) is 1.37. The van der Waals surface area contributed by atoms with Crippen molar-refractivity contribution in [2.75, 3.05) is 0 Å². The van der Waals surface area contributed by atoms with Crippen LogP contribution in [0.1, 0.15) is 26.3 Å². The Kier molecular flexibility index (Phi) is 4.30. The Morgan fingerprint density at radius 1 is 0.952 bits per heavy atom. The topological polar surface area (TPSA) is 96.2 Å². The van der Waals surface area contributed by atoms with E-state index in [1.54, 1.807) is 24.3 Å². The first kappa shape index (κ1) is 14.3. The number of benzene rings is 2. The molecule has 0 saturated carbocycles. The Labute approximate surface area is 119 Å². The van der Waals surface area contributed by atoms with Gasteiger partial charge in [-0.05, 0) is 29.8 Å². The SMILES string of the molecule is O=C(O)c1ccc(/C=N/Oc2ccccc2C(=O)O)cc1. The molecule has 2 aromatic carbocycles. The van der Waals surface area contributed by atoms with Crippen molar-refractivity contribution in [2.24, 2.45) is 5.16 Å².